The van der Waals surface area contributed by atoms with Gasteiger partial charge >= 0.3 is 11.9 Å². The van der Waals surface area contributed by atoms with Crippen LogP contribution in [-0.4, -0.2) is 65.1 Å². The van der Waals surface area contributed by atoms with Crippen molar-refractivity contribution in [2.45, 2.75) is 11.3 Å². The monoisotopic (exact) mass is 356 g/mol. The number of nitrogens with zero attached hydrogens (tertiary/aromatic N) is 1. The highest BCUT2D eigenvalue weighted by atomic mass is 32.2. The number of carbonyl (C=O) groups excluding carboxylic acids is 2. The average Bonchev–Trinajstić information content (AvgIpc) is 2.89. The predicted octanol–water partition coefficient (Wildman–Crippen LogP) is 0.244. The van der Waals surface area contributed by atoms with E-state index in [4.69, 9.17) is 0 Å². The second-order valence-corrected chi connectivity index (χ2v) is 7.11. The Morgan fingerprint density at radius 1 is 1.08 bits per heavy atom. The van der Waals surface area contributed by atoms with Crippen LogP contribution in [0.1, 0.15) is 27.1 Å². The van der Waals surface area contributed by atoms with E-state index in [0.29, 0.717) is 19.5 Å². The summed E-state index contributed by atoms with van der Waals surface area (Å²) in [5.41, 5.74) is -0.0564. The number of esters is 2. The summed E-state index contributed by atoms with van der Waals surface area (Å²) in [6.07, 6.45) is 0.656. The molecule has 1 aliphatic rings. The summed E-state index contributed by atoms with van der Waals surface area (Å²) < 4.78 is 36.5. The van der Waals surface area contributed by atoms with Crippen molar-refractivity contribution in [1.82, 2.24) is 9.62 Å². The fourth-order valence-corrected chi connectivity index (χ4v) is 4.14. The van der Waals surface area contributed by atoms with Gasteiger partial charge in [0.15, 0.2) is 0 Å². The molecule has 1 aromatic rings. The third kappa shape index (κ3) is 3.74. The number of carbonyl (C=O) groups is 2. The minimum Gasteiger partial charge on any atom is -0.465 e. The molecule has 8 nitrogen and oxygen atoms in total. The van der Waals surface area contributed by atoms with Gasteiger partial charge in [0, 0.05) is 19.6 Å². The Bertz CT molecular complexity index is 723. The summed E-state index contributed by atoms with van der Waals surface area (Å²) in [6, 6.07) is 3.76. The van der Waals surface area contributed by atoms with Crippen molar-refractivity contribution < 1.29 is 27.5 Å². The van der Waals surface area contributed by atoms with E-state index in [1.54, 1.807) is 0 Å². The van der Waals surface area contributed by atoms with Gasteiger partial charge < -0.3 is 14.8 Å². The number of methoxy groups -OCH3 is 2. The van der Waals surface area contributed by atoms with Gasteiger partial charge in [-0.3, -0.25) is 0 Å². The molecule has 2 rings (SSSR count). The fourth-order valence-electron chi connectivity index (χ4n) is 2.46. The molecule has 0 saturated carbocycles. The van der Waals surface area contributed by atoms with Crippen molar-refractivity contribution in [3.63, 3.8) is 0 Å². The third-order valence-electron chi connectivity index (χ3n) is 3.72. The molecule has 0 bridgehead atoms. The summed E-state index contributed by atoms with van der Waals surface area (Å²) >= 11 is 0. The molecule has 1 aliphatic heterocycles. The first-order chi connectivity index (χ1) is 11.4. The second-order valence-electron chi connectivity index (χ2n) is 5.20. The summed E-state index contributed by atoms with van der Waals surface area (Å²) in [5.74, 6) is -1.46. The van der Waals surface area contributed by atoms with Crippen molar-refractivity contribution in [3.8, 4) is 0 Å². The van der Waals surface area contributed by atoms with Crippen LogP contribution in [0.2, 0.25) is 0 Å². The largest absolute Gasteiger partial charge is 0.465 e. The molecule has 0 unspecified atom stereocenters. The van der Waals surface area contributed by atoms with E-state index in [1.807, 2.05) is 0 Å². The van der Waals surface area contributed by atoms with Crippen LogP contribution in [0.15, 0.2) is 23.1 Å². The van der Waals surface area contributed by atoms with Gasteiger partial charge in [-0.05, 0) is 31.2 Å². The van der Waals surface area contributed by atoms with E-state index in [1.165, 1.54) is 30.7 Å². The Balaban J connectivity index is 2.54. The van der Waals surface area contributed by atoms with Crippen LogP contribution >= 0.6 is 0 Å². The molecule has 9 heteroatoms. The van der Waals surface area contributed by atoms with Crippen LogP contribution in [-0.2, 0) is 19.5 Å². The van der Waals surface area contributed by atoms with Crippen LogP contribution in [0, 0.1) is 0 Å². The summed E-state index contributed by atoms with van der Waals surface area (Å²) in [7, 11) is -1.58. The first kappa shape index (κ1) is 18.4. The predicted molar refractivity (Wildman–Crippen MR) is 85.4 cm³/mol. The summed E-state index contributed by atoms with van der Waals surface area (Å²) in [5, 5.41) is 3.12. The van der Waals surface area contributed by atoms with E-state index in [-0.39, 0.29) is 22.6 Å². The zero-order valence-corrected chi connectivity index (χ0v) is 14.4. The molecule has 0 atom stereocenters. The van der Waals surface area contributed by atoms with Gasteiger partial charge in [0.05, 0.1) is 30.2 Å². The first-order valence-electron chi connectivity index (χ1n) is 7.43. The molecule has 1 heterocycles. The summed E-state index contributed by atoms with van der Waals surface area (Å²) in [4.78, 5) is 23.4. The molecule has 0 aliphatic carbocycles. The molecule has 0 amide bonds. The number of nitrogens with one attached hydrogen (secondary N) is 1. The number of ether oxygens (including phenoxy) is 2. The minimum atomic E-state index is -3.95. The Hall–Kier alpha value is -1.97. The molecule has 24 heavy (non-hydrogen) atoms. The van der Waals surface area contributed by atoms with Gasteiger partial charge in [0.2, 0.25) is 10.0 Å². The topological polar surface area (TPSA) is 102 Å². The lowest BCUT2D eigenvalue weighted by Gasteiger charge is -2.21. The van der Waals surface area contributed by atoms with Crippen LogP contribution in [0.4, 0.5) is 0 Å². The van der Waals surface area contributed by atoms with E-state index in [0.717, 1.165) is 12.6 Å². The molecular weight excluding hydrogens is 336 g/mol. The fraction of sp³-hybridized carbons (Fsp3) is 0.467. The molecule has 1 fully saturated rings. The highest BCUT2D eigenvalue weighted by Crippen LogP contribution is 2.24. The van der Waals surface area contributed by atoms with E-state index < -0.39 is 22.0 Å². The van der Waals surface area contributed by atoms with E-state index in [9.17, 15) is 18.0 Å². The zero-order chi connectivity index (χ0) is 17.7. The van der Waals surface area contributed by atoms with Crippen molar-refractivity contribution in [3.05, 3.63) is 29.3 Å². The molecule has 0 spiro atoms. The Morgan fingerprint density at radius 2 is 1.79 bits per heavy atom. The number of hydrogen-bond donors (Lipinski definition) is 1. The van der Waals surface area contributed by atoms with Crippen LogP contribution < -0.4 is 5.32 Å². The quantitative estimate of drug-likeness (QED) is 0.771. The van der Waals surface area contributed by atoms with Crippen molar-refractivity contribution >= 4 is 22.0 Å². The highest BCUT2D eigenvalue weighted by molar-refractivity contribution is 7.89. The number of hydrogen-bond acceptors (Lipinski definition) is 7. The molecule has 1 saturated heterocycles. The Kier molecular flexibility index (Phi) is 5.92. The Labute approximate surface area is 140 Å². The van der Waals surface area contributed by atoms with Gasteiger partial charge in [-0.1, -0.05) is 0 Å². The number of benzene rings is 1. The summed E-state index contributed by atoms with van der Waals surface area (Å²) in [6.45, 7) is 1.85. The lowest BCUT2D eigenvalue weighted by molar-refractivity contribution is 0.0583. The lowest BCUT2D eigenvalue weighted by Crippen LogP contribution is -2.35. The maximum Gasteiger partial charge on any atom is 0.339 e. The van der Waals surface area contributed by atoms with Crippen LogP contribution in [0.25, 0.3) is 0 Å². The maximum atomic E-state index is 13.0. The van der Waals surface area contributed by atoms with Gasteiger partial charge in [-0.25, -0.2) is 18.0 Å². The van der Waals surface area contributed by atoms with Crippen LogP contribution in [0.5, 0.6) is 0 Å². The van der Waals surface area contributed by atoms with Crippen molar-refractivity contribution in [2.75, 3.05) is 40.4 Å². The maximum absolute atomic E-state index is 13.0. The third-order valence-corrected chi connectivity index (χ3v) is 5.66. The van der Waals surface area contributed by atoms with Crippen LogP contribution in [0.3, 0.4) is 0 Å². The molecular formula is C15H20N2O6S. The standard InChI is InChI=1S/C15H20N2O6S/c1-22-14(18)11-4-5-12(15(19)23-2)13(10-11)24(20,21)17-8-3-6-16-7-9-17/h4-5,10,16H,3,6-9H2,1-2H3. The van der Waals surface area contributed by atoms with E-state index >= 15 is 0 Å². The highest BCUT2D eigenvalue weighted by Gasteiger charge is 2.31. The van der Waals surface area contributed by atoms with Crippen molar-refractivity contribution in [2.24, 2.45) is 0 Å². The molecule has 1 N–H and O–H groups in total. The van der Waals surface area contributed by atoms with Gasteiger partial charge in [-0.15, -0.1) is 0 Å². The average molecular weight is 356 g/mol. The van der Waals surface area contributed by atoms with Gasteiger partial charge in [-0.2, -0.15) is 4.31 Å². The molecule has 0 aromatic heterocycles. The minimum absolute atomic E-state index is 0.0525. The smallest absolute Gasteiger partial charge is 0.339 e. The Morgan fingerprint density at radius 3 is 2.46 bits per heavy atom. The van der Waals surface area contributed by atoms with Gasteiger partial charge in [0.1, 0.15) is 0 Å². The lowest BCUT2D eigenvalue weighted by atomic mass is 10.1. The second kappa shape index (κ2) is 7.73. The van der Waals surface area contributed by atoms with E-state index in [2.05, 4.69) is 14.8 Å². The first-order valence-corrected chi connectivity index (χ1v) is 8.87. The molecule has 1 aromatic carbocycles. The van der Waals surface area contributed by atoms with Gasteiger partial charge in [0.25, 0.3) is 0 Å². The SMILES string of the molecule is COC(=O)c1ccc(C(=O)OC)c(S(=O)(=O)N2CCCNCC2)c1. The molecule has 132 valence electrons. The van der Waals surface area contributed by atoms with Crippen molar-refractivity contribution in [1.29, 1.82) is 0 Å². The molecule has 0 radical (unpaired) electrons. The normalized spacial score (nSPS) is 16.2. The number of sulfonamides is 1. The zero-order valence-electron chi connectivity index (χ0n) is 13.6. The number of rotatable bonds is 4.